The predicted molar refractivity (Wildman–Crippen MR) is 60.6 cm³/mol. The van der Waals surface area contributed by atoms with Crippen molar-refractivity contribution in [2.75, 3.05) is 12.3 Å². The van der Waals surface area contributed by atoms with Gasteiger partial charge < -0.3 is 11.5 Å². The zero-order valence-corrected chi connectivity index (χ0v) is 9.37. The Balaban J connectivity index is 3.23. The van der Waals surface area contributed by atoms with Gasteiger partial charge in [-0.2, -0.15) is 0 Å². The number of Topliss-reactive ketones (excluding diaryl/α,β-unsaturated/α-hetero) is 1. The van der Waals surface area contributed by atoms with E-state index in [2.05, 4.69) is 4.98 Å². The van der Waals surface area contributed by atoms with Crippen LogP contribution in [0.25, 0.3) is 0 Å². The number of aryl methyl sites for hydroxylation is 1. The smallest absolute Gasteiger partial charge is 0.173 e. The van der Waals surface area contributed by atoms with Crippen molar-refractivity contribution < 1.29 is 4.79 Å². The average Bonchev–Trinajstić information content (AvgIpc) is 2.17. The molecule has 4 nitrogen and oxygen atoms in total. The van der Waals surface area contributed by atoms with Crippen molar-refractivity contribution in [2.45, 2.75) is 20.8 Å². The van der Waals surface area contributed by atoms with Crippen molar-refractivity contribution in [1.82, 2.24) is 4.98 Å². The molecule has 0 aromatic carbocycles. The quantitative estimate of drug-likeness (QED) is 0.728. The molecular weight excluding hydrogens is 190 g/mol. The minimum atomic E-state index is -0.595. The fourth-order valence-electron chi connectivity index (χ4n) is 1.31. The first-order chi connectivity index (χ1) is 6.90. The average molecular weight is 207 g/mol. The number of ketones is 1. The van der Waals surface area contributed by atoms with Crippen LogP contribution in [0.3, 0.4) is 0 Å². The zero-order chi connectivity index (χ0) is 11.6. The summed E-state index contributed by atoms with van der Waals surface area (Å²) >= 11 is 0. The van der Waals surface area contributed by atoms with Gasteiger partial charge in [0.1, 0.15) is 5.82 Å². The second-order valence-electron chi connectivity index (χ2n) is 4.31. The van der Waals surface area contributed by atoms with Crippen molar-refractivity contribution >= 4 is 11.6 Å². The molecule has 0 spiro atoms. The Kier molecular flexibility index (Phi) is 3.09. The molecule has 0 bridgehead atoms. The van der Waals surface area contributed by atoms with Crippen LogP contribution < -0.4 is 11.5 Å². The molecular formula is C11H17N3O. The Morgan fingerprint density at radius 1 is 1.53 bits per heavy atom. The van der Waals surface area contributed by atoms with E-state index in [-0.39, 0.29) is 11.6 Å². The van der Waals surface area contributed by atoms with Crippen LogP contribution in [0.5, 0.6) is 0 Å². The van der Waals surface area contributed by atoms with Gasteiger partial charge >= 0.3 is 0 Å². The van der Waals surface area contributed by atoms with Crippen LogP contribution in [0.15, 0.2) is 12.3 Å². The third kappa shape index (κ3) is 2.15. The molecule has 1 aromatic heterocycles. The summed E-state index contributed by atoms with van der Waals surface area (Å²) in [6.07, 6.45) is 1.59. The van der Waals surface area contributed by atoms with Crippen LogP contribution >= 0.6 is 0 Å². The molecule has 1 heterocycles. The van der Waals surface area contributed by atoms with E-state index < -0.39 is 5.41 Å². The lowest BCUT2D eigenvalue weighted by Gasteiger charge is -2.22. The molecule has 4 heteroatoms. The normalized spacial score (nSPS) is 11.5. The third-order valence-corrected chi connectivity index (χ3v) is 2.54. The summed E-state index contributed by atoms with van der Waals surface area (Å²) in [6, 6.07) is 1.77. The molecule has 1 aromatic rings. The standard InChI is InChI=1S/C11H17N3O/c1-7-4-5-14-10(13)8(7)9(15)11(2,3)6-12/h4-5H,6,12H2,1-3H3,(H2,13,14). The number of carbonyl (C=O) groups excluding carboxylic acids is 1. The molecule has 0 aliphatic heterocycles. The largest absolute Gasteiger partial charge is 0.383 e. The first-order valence-corrected chi connectivity index (χ1v) is 4.86. The van der Waals surface area contributed by atoms with Crippen molar-refractivity contribution in [1.29, 1.82) is 0 Å². The number of hydrogen-bond acceptors (Lipinski definition) is 4. The number of nitrogen functional groups attached to an aromatic ring is 1. The van der Waals surface area contributed by atoms with Crippen LogP contribution in [0.1, 0.15) is 29.8 Å². The maximum Gasteiger partial charge on any atom is 0.173 e. The molecule has 0 atom stereocenters. The first kappa shape index (κ1) is 11.7. The molecule has 0 aliphatic carbocycles. The van der Waals surface area contributed by atoms with E-state index in [0.29, 0.717) is 12.1 Å². The lowest BCUT2D eigenvalue weighted by molar-refractivity contribution is 0.0847. The van der Waals surface area contributed by atoms with E-state index in [1.165, 1.54) is 0 Å². The molecule has 1 rings (SSSR count). The van der Waals surface area contributed by atoms with Gasteiger partial charge in [-0.1, -0.05) is 13.8 Å². The van der Waals surface area contributed by atoms with Crippen molar-refractivity contribution in [3.8, 4) is 0 Å². The SMILES string of the molecule is Cc1ccnc(N)c1C(=O)C(C)(C)CN. The van der Waals surface area contributed by atoms with Crippen LogP contribution in [0, 0.1) is 12.3 Å². The number of pyridine rings is 1. The van der Waals surface area contributed by atoms with Crippen LogP contribution in [-0.2, 0) is 0 Å². The Labute approximate surface area is 89.7 Å². The fraction of sp³-hybridized carbons (Fsp3) is 0.455. The molecule has 0 unspecified atom stereocenters. The molecule has 0 radical (unpaired) electrons. The molecule has 82 valence electrons. The molecule has 0 saturated carbocycles. The highest BCUT2D eigenvalue weighted by atomic mass is 16.1. The van der Waals surface area contributed by atoms with E-state index in [9.17, 15) is 4.79 Å². The second-order valence-corrected chi connectivity index (χ2v) is 4.31. The Hall–Kier alpha value is -1.42. The molecule has 0 aliphatic rings. The lowest BCUT2D eigenvalue weighted by atomic mass is 9.83. The number of aromatic nitrogens is 1. The van der Waals surface area contributed by atoms with E-state index in [0.717, 1.165) is 5.56 Å². The van der Waals surface area contributed by atoms with Gasteiger partial charge in [0, 0.05) is 18.2 Å². The summed E-state index contributed by atoms with van der Waals surface area (Å²) in [5.41, 5.74) is 12.0. The molecule has 0 fully saturated rings. The fourth-order valence-corrected chi connectivity index (χ4v) is 1.31. The monoisotopic (exact) mass is 207 g/mol. The highest BCUT2D eigenvalue weighted by Crippen LogP contribution is 2.25. The summed E-state index contributed by atoms with van der Waals surface area (Å²) in [5.74, 6) is 0.231. The molecule has 15 heavy (non-hydrogen) atoms. The van der Waals surface area contributed by atoms with Gasteiger partial charge in [0.25, 0.3) is 0 Å². The van der Waals surface area contributed by atoms with Crippen molar-refractivity contribution in [3.63, 3.8) is 0 Å². The minimum Gasteiger partial charge on any atom is -0.383 e. The number of anilines is 1. The van der Waals surface area contributed by atoms with E-state index in [1.54, 1.807) is 26.1 Å². The van der Waals surface area contributed by atoms with Gasteiger partial charge in [-0.15, -0.1) is 0 Å². The lowest BCUT2D eigenvalue weighted by Crippen LogP contribution is -2.33. The summed E-state index contributed by atoms with van der Waals surface area (Å²) in [6.45, 7) is 5.75. The summed E-state index contributed by atoms with van der Waals surface area (Å²) in [5, 5.41) is 0. The van der Waals surface area contributed by atoms with Crippen molar-refractivity contribution in [2.24, 2.45) is 11.1 Å². The summed E-state index contributed by atoms with van der Waals surface area (Å²) in [4.78, 5) is 16.1. The number of carbonyl (C=O) groups is 1. The Bertz CT molecular complexity index is 365. The Morgan fingerprint density at radius 3 is 2.60 bits per heavy atom. The van der Waals surface area contributed by atoms with Crippen LogP contribution in [0.4, 0.5) is 5.82 Å². The van der Waals surface area contributed by atoms with Crippen molar-refractivity contribution in [3.05, 3.63) is 23.4 Å². The molecule has 0 amide bonds. The molecule has 0 saturated heterocycles. The molecule has 4 N–H and O–H groups in total. The van der Waals surface area contributed by atoms with Gasteiger partial charge in [-0.3, -0.25) is 4.79 Å². The summed E-state index contributed by atoms with van der Waals surface area (Å²) < 4.78 is 0. The van der Waals surface area contributed by atoms with Gasteiger partial charge in [-0.05, 0) is 18.6 Å². The highest BCUT2D eigenvalue weighted by Gasteiger charge is 2.29. The number of nitrogens with zero attached hydrogens (tertiary/aromatic N) is 1. The van der Waals surface area contributed by atoms with Gasteiger partial charge in [-0.25, -0.2) is 4.98 Å². The van der Waals surface area contributed by atoms with Crippen LogP contribution in [-0.4, -0.2) is 17.3 Å². The highest BCUT2D eigenvalue weighted by molar-refractivity contribution is 6.04. The topological polar surface area (TPSA) is 82.0 Å². The summed E-state index contributed by atoms with van der Waals surface area (Å²) in [7, 11) is 0. The Morgan fingerprint density at radius 2 is 2.13 bits per heavy atom. The number of hydrogen-bond donors (Lipinski definition) is 2. The van der Waals surface area contributed by atoms with E-state index >= 15 is 0 Å². The van der Waals surface area contributed by atoms with E-state index in [4.69, 9.17) is 11.5 Å². The maximum absolute atomic E-state index is 12.1. The second kappa shape index (κ2) is 3.98. The minimum absolute atomic E-state index is 0.0481. The first-order valence-electron chi connectivity index (χ1n) is 4.86. The van der Waals surface area contributed by atoms with Gasteiger partial charge in [0.2, 0.25) is 0 Å². The predicted octanol–water partition coefficient (Wildman–Crippen LogP) is 1.14. The maximum atomic E-state index is 12.1. The van der Waals surface area contributed by atoms with Gasteiger partial charge in [0.05, 0.1) is 5.56 Å². The van der Waals surface area contributed by atoms with Crippen LogP contribution in [0.2, 0.25) is 0 Å². The van der Waals surface area contributed by atoms with E-state index in [1.807, 2.05) is 6.92 Å². The zero-order valence-electron chi connectivity index (χ0n) is 9.37. The number of nitrogens with two attached hydrogens (primary N) is 2. The number of rotatable bonds is 3. The van der Waals surface area contributed by atoms with Gasteiger partial charge in [0.15, 0.2) is 5.78 Å². The third-order valence-electron chi connectivity index (χ3n) is 2.54.